The monoisotopic (exact) mass is 451 g/mol. The molecule has 1 saturated carbocycles. The van der Waals surface area contributed by atoms with Crippen LogP contribution in [-0.2, 0) is 21.2 Å². The number of alkyl halides is 1. The predicted octanol–water partition coefficient (Wildman–Crippen LogP) is 0.0460. The molecule has 31 heavy (non-hydrogen) atoms. The standard InChI is InChI=1S/C20H22FN3O6S/c1-19(17(26)22-28,31(2,29)30)7-8-23-12-16-9-14(11-24(16)18(23)27)5-3-4-6-20(21)10-15(20)13-25/h9,11,15,25,28H,7-8,10,12-13H2,1-2H3,(H,22,26)/t15-,19-,20-/m1/s1. The summed E-state index contributed by atoms with van der Waals surface area (Å²) >= 11 is 0. The summed E-state index contributed by atoms with van der Waals surface area (Å²) in [5.41, 5.74) is 0.840. The molecule has 9 nitrogen and oxygen atoms in total. The molecule has 2 heterocycles. The second kappa shape index (κ2) is 8.00. The maximum atomic E-state index is 13.9. The molecule has 166 valence electrons. The number of amides is 2. The number of aliphatic hydroxyl groups is 1. The van der Waals surface area contributed by atoms with Crippen molar-refractivity contribution in [2.45, 2.75) is 36.7 Å². The van der Waals surface area contributed by atoms with Gasteiger partial charge in [-0.15, -0.1) is 0 Å². The molecule has 1 aliphatic heterocycles. The lowest BCUT2D eigenvalue weighted by Gasteiger charge is -2.27. The fourth-order valence-corrected chi connectivity index (χ4v) is 4.15. The number of fused-ring (bicyclic) bond motifs is 1. The van der Waals surface area contributed by atoms with Crippen LogP contribution in [-0.4, -0.2) is 70.0 Å². The number of nitrogens with one attached hydrogen (secondary N) is 1. The van der Waals surface area contributed by atoms with Crippen LogP contribution < -0.4 is 5.48 Å². The maximum Gasteiger partial charge on any atom is 0.328 e. The number of rotatable bonds is 6. The molecule has 1 fully saturated rings. The average Bonchev–Trinajstić information content (AvgIpc) is 3.05. The van der Waals surface area contributed by atoms with Gasteiger partial charge in [-0.2, -0.15) is 0 Å². The van der Waals surface area contributed by atoms with Gasteiger partial charge < -0.3 is 10.0 Å². The quantitative estimate of drug-likeness (QED) is 0.318. The predicted molar refractivity (Wildman–Crippen MR) is 107 cm³/mol. The van der Waals surface area contributed by atoms with E-state index in [0.717, 1.165) is 6.26 Å². The summed E-state index contributed by atoms with van der Waals surface area (Å²) in [6.45, 7) is 1.11. The minimum absolute atomic E-state index is 0.0192. The van der Waals surface area contributed by atoms with Crippen molar-refractivity contribution in [1.82, 2.24) is 14.9 Å². The van der Waals surface area contributed by atoms with E-state index in [2.05, 4.69) is 23.7 Å². The van der Waals surface area contributed by atoms with Crippen LogP contribution in [0.5, 0.6) is 0 Å². The highest BCUT2D eigenvalue weighted by molar-refractivity contribution is 7.92. The molecule has 1 aromatic rings. The Kier molecular flexibility index (Phi) is 5.89. The zero-order valence-electron chi connectivity index (χ0n) is 17.0. The summed E-state index contributed by atoms with van der Waals surface area (Å²) in [7, 11) is -3.86. The third-order valence-electron chi connectivity index (χ3n) is 5.78. The first kappa shape index (κ1) is 22.8. The number of aliphatic hydroxyl groups excluding tert-OH is 1. The van der Waals surface area contributed by atoms with E-state index >= 15 is 0 Å². The van der Waals surface area contributed by atoms with Gasteiger partial charge in [0.1, 0.15) is 0 Å². The second-order valence-corrected chi connectivity index (χ2v) is 10.4. The number of nitrogens with zero attached hydrogens (tertiary/aromatic N) is 2. The van der Waals surface area contributed by atoms with Crippen molar-refractivity contribution < 1.29 is 32.7 Å². The zero-order valence-corrected chi connectivity index (χ0v) is 17.8. The van der Waals surface area contributed by atoms with Crippen LogP contribution in [0.4, 0.5) is 9.18 Å². The number of aromatic nitrogens is 1. The topological polar surface area (TPSA) is 129 Å². The van der Waals surface area contributed by atoms with Crippen molar-refractivity contribution in [3.63, 3.8) is 0 Å². The molecule has 1 aromatic heterocycles. The molecule has 0 saturated heterocycles. The molecule has 0 bridgehead atoms. The molecular weight excluding hydrogens is 429 g/mol. The fourth-order valence-electron chi connectivity index (χ4n) is 3.30. The number of hydroxylamine groups is 1. The van der Waals surface area contributed by atoms with Gasteiger partial charge in [0, 0.05) is 42.6 Å². The van der Waals surface area contributed by atoms with Gasteiger partial charge in [0.2, 0.25) is 0 Å². The molecule has 3 N–H and O–H groups in total. The summed E-state index contributed by atoms with van der Waals surface area (Å²) in [6.07, 6.45) is 2.39. The lowest BCUT2D eigenvalue weighted by Crippen LogP contribution is -2.50. The van der Waals surface area contributed by atoms with Crippen LogP contribution >= 0.6 is 0 Å². The first-order chi connectivity index (χ1) is 14.4. The average molecular weight is 451 g/mol. The summed E-state index contributed by atoms with van der Waals surface area (Å²) in [5.74, 6) is 8.57. The first-order valence-electron chi connectivity index (χ1n) is 9.43. The van der Waals surface area contributed by atoms with Gasteiger partial charge >= 0.3 is 6.03 Å². The van der Waals surface area contributed by atoms with Crippen molar-refractivity contribution in [1.29, 1.82) is 0 Å². The normalized spacial score (nSPS) is 23.7. The summed E-state index contributed by atoms with van der Waals surface area (Å²) in [4.78, 5) is 25.9. The van der Waals surface area contributed by atoms with E-state index < -0.39 is 38.1 Å². The van der Waals surface area contributed by atoms with Crippen LogP contribution in [0.15, 0.2) is 12.3 Å². The van der Waals surface area contributed by atoms with E-state index in [0.29, 0.717) is 11.3 Å². The molecule has 0 spiro atoms. The number of hydrogen-bond acceptors (Lipinski definition) is 6. The van der Waals surface area contributed by atoms with Crippen molar-refractivity contribution in [3.8, 4) is 23.7 Å². The van der Waals surface area contributed by atoms with Crippen LogP contribution in [0.3, 0.4) is 0 Å². The molecule has 2 aliphatic rings. The molecule has 0 aromatic carbocycles. The van der Waals surface area contributed by atoms with Crippen LogP contribution in [0.25, 0.3) is 0 Å². The second-order valence-electron chi connectivity index (χ2n) is 7.93. The molecule has 11 heteroatoms. The number of carbonyl (C=O) groups is 2. The number of sulfone groups is 1. The third-order valence-corrected chi connectivity index (χ3v) is 7.80. The maximum absolute atomic E-state index is 13.9. The Labute approximate surface area is 179 Å². The highest BCUT2D eigenvalue weighted by Crippen LogP contribution is 2.46. The number of carbonyl (C=O) groups excluding carboxylic acids is 2. The van der Waals surface area contributed by atoms with Crippen molar-refractivity contribution >= 4 is 21.8 Å². The number of halogens is 1. The Bertz CT molecular complexity index is 1150. The van der Waals surface area contributed by atoms with E-state index in [1.807, 2.05) is 0 Å². The molecule has 0 radical (unpaired) electrons. The Hall–Kier alpha value is -2.86. The van der Waals surface area contributed by atoms with Gasteiger partial charge in [-0.05, 0) is 37.2 Å². The van der Waals surface area contributed by atoms with Crippen molar-refractivity contribution in [2.75, 3.05) is 19.4 Å². The van der Waals surface area contributed by atoms with Gasteiger partial charge in [0.15, 0.2) is 20.3 Å². The summed E-state index contributed by atoms with van der Waals surface area (Å²) in [5, 5.41) is 17.8. The molecule has 1 aliphatic carbocycles. The largest absolute Gasteiger partial charge is 0.396 e. The van der Waals surface area contributed by atoms with E-state index in [1.54, 1.807) is 6.07 Å². The first-order valence-corrected chi connectivity index (χ1v) is 11.3. The van der Waals surface area contributed by atoms with E-state index in [4.69, 9.17) is 10.3 Å². The molecular formula is C20H22FN3O6S. The Balaban J connectivity index is 1.65. The van der Waals surface area contributed by atoms with E-state index in [1.165, 1.54) is 28.1 Å². The Morgan fingerprint density at radius 3 is 2.71 bits per heavy atom. The smallest absolute Gasteiger partial charge is 0.328 e. The van der Waals surface area contributed by atoms with Crippen LogP contribution in [0, 0.1) is 29.6 Å². The molecule has 3 rings (SSSR count). The van der Waals surface area contributed by atoms with Gasteiger partial charge in [-0.25, -0.2) is 23.1 Å². The molecule has 3 atom stereocenters. The zero-order chi connectivity index (χ0) is 23.0. The van der Waals surface area contributed by atoms with Crippen molar-refractivity contribution in [3.05, 3.63) is 23.5 Å². The highest BCUT2D eigenvalue weighted by Gasteiger charge is 2.54. The van der Waals surface area contributed by atoms with Gasteiger partial charge in [-0.1, -0.05) is 5.92 Å². The summed E-state index contributed by atoms with van der Waals surface area (Å²) in [6, 6.07) is 1.27. The third kappa shape index (κ3) is 4.30. The molecule has 2 amide bonds. The minimum atomic E-state index is -3.86. The lowest BCUT2D eigenvalue weighted by molar-refractivity contribution is -0.131. The Morgan fingerprint density at radius 2 is 2.16 bits per heavy atom. The van der Waals surface area contributed by atoms with Gasteiger partial charge in [-0.3, -0.25) is 14.6 Å². The van der Waals surface area contributed by atoms with E-state index in [9.17, 15) is 22.4 Å². The van der Waals surface area contributed by atoms with Crippen molar-refractivity contribution in [2.24, 2.45) is 5.92 Å². The highest BCUT2D eigenvalue weighted by atomic mass is 32.2. The number of hydrogen-bond donors (Lipinski definition) is 3. The fraction of sp³-hybridized carbons (Fsp3) is 0.500. The van der Waals surface area contributed by atoms with Crippen LogP contribution in [0.2, 0.25) is 0 Å². The van der Waals surface area contributed by atoms with E-state index in [-0.39, 0.29) is 32.5 Å². The molecule has 0 unspecified atom stereocenters. The summed E-state index contributed by atoms with van der Waals surface area (Å²) < 4.78 is 37.4. The van der Waals surface area contributed by atoms with Gasteiger partial charge in [0.05, 0.1) is 13.2 Å². The minimum Gasteiger partial charge on any atom is -0.396 e. The Morgan fingerprint density at radius 1 is 1.45 bits per heavy atom. The lowest BCUT2D eigenvalue weighted by atomic mass is 10.1. The SMILES string of the molecule is C[C@@](CCN1Cc2cc(C#CC#C[C@@]3(F)C[C@@H]3CO)cn2C1=O)(C(=O)NO)S(C)(=O)=O. The van der Waals surface area contributed by atoms with Gasteiger partial charge in [0.25, 0.3) is 5.91 Å². The van der Waals surface area contributed by atoms with Crippen LogP contribution in [0.1, 0.15) is 31.0 Å².